The lowest BCUT2D eigenvalue weighted by Gasteiger charge is -2.16. The Hall–Kier alpha value is -2.67. The zero-order valence-corrected chi connectivity index (χ0v) is 12.5. The zero-order chi connectivity index (χ0) is 15.9. The van der Waals surface area contributed by atoms with Gasteiger partial charge in [0.2, 0.25) is 5.88 Å². The van der Waals surface area contributed by atoms with Crippen LogP contribution in [0.5, 0.6) is 5.75 Å². The van der Waals surface area contributed by atoms with E-state index in [0.29, 0.717) is 0 Å². The highest BCUT2D eigenvalue weighted by atomic mass is 32.2. The molecule has 0 saturated heterocycles. The number of phenols is 1. The molecule has 0 saturated carbocycles. The Morgan fingerprint density at radius 2 is 1.64 bits per heavy atom. The van der Waals surface area contributed by atoms with Gasteiger partial charge in [-0.2, -0.15) is 8.42 Å². The third-order valence-electron chi connectivity index (χ3n) is 3.33. The van der Waals surface area contributed by atoms with E-state index in [1.807, 2.05) is 35.9 Å². The number of aromatic hydroxyl groups is 1. The number of aliphatic hydroxyl groups excluding tert-OH is 1. The molecule has 1 aliphatic heterocycles. The molecule has 0 atom stereocenters. The largest absolute Gasteiger partial charge is 0.506 e. The van der Waals surface area contributed by atoms with Crippen molar-refractivity contribution in [3.05, 3.63) is 60.1 Å². The molecule has 1 heterocycles. The summed E-state index contributed by atoms with van der Waals surface area (Å²) in [5.74, 6) is -0.702. The van der Waals surface area contributed by atoms with Gasteiger partial charge in [0.15, 0.2) is 0 Å². The number of anilines is 1. The van der Waals surface area contributed by atoms with Gasteiger partial charge in [-0.3, -0.25) is 0 Å². The highest BCUT2D eigenvalue weighted by molar-refractivity contribution is 7.91. The van der Waals surface area contributed by atoms with Gasteiger partial charge in [-0.1, -0.05) is 35.9 Å². The summed E-state index contributed by atoms with van der Waals surface area (Å²) in [6.07, 6.45) is 1.00. The Morgan fingerprint density at radius 1 is 1.00 bits per heavy atom. The fraction of sp³-hybridized carbons (Fsp3) is 0.0667. The Labute approximate surface area is 128 Å². The second-order valence-electron chi connectivity index (χ2n) is 4.99. The summed E-state index contributed by atoms with van der Waals surface area (Å²) < 4.78 is 26.6. The van der Waals surface area contributed by atoms with E-state index in [2.05, 4.69) is 0 Å². The molecular weight excluding hydrogens is 304 g/mol. The molecule has 6 nitrogen and oxygen atoms in total. The fourth-order valence-electron chi connectivity index (χ4n) is 2.21. The van der Waals surface area contributed by atoms with Crippen LogP contribution in [0.4, 0.5) is 5.69 Å². The lowest BCUT2D eigenvalue weighted by molar-refractivity contribution is 0.392. The van der Waals surface area contributed by atoms with Gasteiger partial charge in [0.1, 0.15) is 11.4 Å². The maximum Gasteiger partial charge on any atom is 0.330 e. The quantitative estimate of drug-likeness (QED) is 0.793. The molecule has 0 radical (unpaired) electrons. The summed E-state index contributed by atoms with van der Waals surface area (Å²) in [6.45, 7) is 1.97. The van der Waals surface area contributed by atoms with Crippen LogP contribution in [0.25, 0.3) is 11.1 Å². The number of hydrogen-bond donors (Lipinski definition) is 3. The van der Waals surface area contributed by atoms with E-state index in [9.17, 15) is 18.6 Å². The van der Waals surface area contributed by atoms with E-state index in [1.165, 1.54) is 6.07 Å². The van der Waals surface area contributed by atoms with Crippen molar-refractivity contribution >= 4 is 15.9 Å². The average molecular weight is 318 g/mol. The number of nitrogens with one attached hydrogen (secondary N) is 1. The molecule has 2 aromatic rings. The monoisotopic (exact) mass is 318 g/mol. The third kappa shape index (κ3) is 2.46. The first-order valence-electron chi connectivity index (χ1n) is 6.50. The van der Waals surface area contributed by atoms with Gasteiger partial charge in [-0.05, 0) is 30.2 Å². The molecule has 22 heavy (non-hydrogen) atoms. The van der Waals surface area contributed by atoms with Gasteiger partial charge in [0.25, 0.3) is 0 Å². The van der Waals surface area contributed by atoms with Crippen molar-refractivity contribution < 1.29 is 18.6 Å². The molecule has 0 aromatic heterocycles. The first-order valence-corrected chi connectivity index (χ1v) is 7.94. The number of hydrogen-bond acceptors (Lipinski definition) is 4. The van der Waals surface area contributed by atoms with Crippen LogP contribution in [0.3, 0.4) is 0 Å². The molecule has 7 heteroatoms. The van der Waals surface area contributed by atoms with Crippen LogP contribution in [0.15, 0.2) is 54.5 Å². The van der Waals surface area contributed by atoms with Crippen LogP contribution in [-0.2, 0) is 10.2 Å². The van der Waals surface area contributed by atoms with Crippen molar-refractivity contribution in [2.45, 2.75) is 6.92 Å². The standard InChI is InChI=1S/C15H14N2O4S/c1-10-2-4-11(5-3-10)12-6-7-14(18)13(8-12)17-9-15(19)16-22(17,20)21/h2-9,16,18-19H,1H3. The van der Waals surface area contributed by atoms with Gasteiger partial charge in [0, 0.05) is 0 Å². The summed E-state index contributed by atoms with van der Waals surface area (Å²) in [4.78, 5) is 0. The Morgan fingerprint density at radius 3 is 2.23 bits per heavy atom. The Bertz CT molecular complexity index is 858. The van der Waals surface area contributed by atoms with Gasteiger partial charge >= 0.3 is 10.2 Å². The average Bonchev–Trinajstić information content (AvgIpc) is 2.73. The lowest BCUT2D eigenvalue weighted by atomic mass is 10.0. The van der Waals surface area contributed by atoms with Gasteiger partial charge in [-0.25, -0.2) is 9.03 Å². The predicted octanol–water partition coefficient (Wildman–Crippen LogP) is 2.38. The Balaban J connectivity index is 2.10. The highest BCUT2D eigenvalue weighted by Gasteiger charge is 2.30. The molecule has 1 aliphatic rings. The lowest BCUT2D eigenvalue weighted by Crippen LogP contribution is -2.29. The van der Waals surface area contributed by atoms with Gasteiger partial charge in [0.05, 0.1) is 6.20 Å². The van der Waals surface area contributed by atoms with Crippen molar-refractivity contribution in [3.8, 4) is 16.9 Å². The molecule has 0 amide bonds. The zero-order valence-electron chi connectivity index (χ0n) is 11.7. The number of rotatable bonds is 2. The van der Waals surface area contributed by atoms with Crippen LogP contribution >= 0.6 is 0 Å². The van der Waals surface area contributed by atoms with Crippen molar-refractivity contribution in [1.82, 2.24) is 4.72 Å². The first kappa shape index (κ1) is 14.3. The molecule has 114 valence electrons. The van der Waals surface area contributed by atoms with E-state index in [1.54, 1.807) is 12.1 Å². The number of phenolic OH excluding ortho intramolecular Hbond substituents is 1. The van der Waals surface area contributed by atoms with Crippen LogP contribution in [-0.4, -0.2) is 18.6 Å². The smallest absolute Gasteiger partial charge is 0.330 e. The molecule has 0 spiro atoms. The van der Waals surface area contributed by atoms with E-state index >= 15 is 0 Å². The third-order valence-corrected chi connectivity index (χ3v) is 4.62. The van der Waals surface area contributed by atoms with Crippen LogP contribution in [0, 0.1) is 6.92 Å². The SMILES string of the molecule is Cc1ccc(-c2ccc(O)c(N3C=C(O)NS3(=O)=O)c2)cc1. The fourth-order valence-corrected chi connectivity index (χ4v) is 3.27. The highest BCUT2D eigenvalue weighted by Crippen LogP contribution is 2.35. The van der Waals surface area contributed by atoms with Crippen molar-refractivity contribution in [2.24, 2.45) is 0 Å². The maximum atomic E-state index is 11.9. The molecule has 2 aromatic carbocycles. The van der Waals surface area contributed by atoms with Gasteiger partial charge in [-0.15, -0.1) is 0 Å². The van der Waals surface area contributed by atoms with Crippen LogP contribution < -0.4 is 9.03 Å². The number of benzene rings is 2. The molecule has 3 N–H and O–H groups in total. The van der Waals surface area contributed by atoms with Gasteiger partial charge < -0.3 is 10.2 Å². The van der Waals surface area contributed by atoms with E-state index < -0.39 is 16.1 Å². The number of aryl methyl sites for hydroxylation is 1. The summed E-state index contributed by atoms with van der Waals surface area (Å²) in [5, 5.41) is 19.3. The molecule has 3 rings (SSSR count). The second kappa shape index (κ2) is 4.96. The molecule has 0 bridgehead atoms. The van der Waals surface area contributed by atoms with Crippen molar-refractivity contribution in [2.75, 3.05) is 4.31 Å². The molecule has 0 aliphatic carbocycles. The Kier molecular flexibility index (Phi) is 3.22. The minimum Gasteiger partial charge on any atom is -0.506 e. The molecule has 0 unspecified atom stereocenters. The number of aliphatic hydroxyl groups is 1. The normalized spacial score (nSPS) is 16.2. The van der Waals surface area contributed by atoms with Crippen LogP contribution in [0.2, 0.25) is 0 Å². The summed E-state index contributed by atoms with van der Waals surface area (Å²) in [6, 6.07) is 12.4. The summed E-state index contributed by atoms with van der Waals surface area (Å²) >= 11 is 0. The minimum absolute atomic E-state index is 0.0645. The minimum atomic E-state index is -3.94. The number of nitrogens with zero attached hydrogens (tertiary/aromatic N) is 1. The molecular formula is C15H14N2O4S. The van der Waals surface area contributed by atoms with Crippen LogP contribution in [0.1, 0.15) is 5.56 Å². The van der Waals surface area contributed by atoms with E-state index in [4.69, 9.17) is 0 Å². The van der Waals surface area contributed by atoms with E-state index in [0.717, 1.165) is 27.2 Å². The predicted molar refractivity (Wildman–Crippen MR) is 83.5 cm³/mol. The molecule has 0 fully saturated rings. The maximum absolute atomic E-state index is 11.9. The topological polar surface area (TPSA) is 89.9 Å². The second-order valence-corrected chi connectivity index (χ2v) is 6.53. The van der Waals surface area contributed by atoms with Crippen molar-refractivity contribution in [1.29, 1.82) is 0 Å². The summed E-state index contributed by atoms with van der Waals surface area (Å²) in [7, 11) is -3.94. The van der Waals surface area contributed by atoms with Crippen molar-refractivity contribution in [3.63, 3.8) is 0 Å². The summed E-state index contributed by atoms with van der Waals surface area (Å²) in [5.41, 5.74) is 2.82. The first-order chi connectivity index (χ1) is 10.4. The van der Waals surface area contributed by atoms with E-state index in [-0.39, 0.29) is 11.4 Å².